The zero-order valence-corrected chi connectivity index (χ0v) is 20.7. The zero-order chi connectivity index (χ0) is 23.3. The fourth-order valence-corrected chi connectivity index (χ4v) is 6.17. The molecule has 180 valence electrons. The second kappa shape index (κ2) is 10.9. The van der Waals surface area contributed by atoms with Crippen LogP contribution in [0.4, 0.5) is 0 Å². The lowest BCUT2D eigenvalue weighted by molar-refractivity contribution is -0.120. The monoisotopic (exact) mass is 478 g/mol. The van der Waals surface area contributed by atoms with Crippen molar-refractivity contribution < 1.29 is 9.53 Å². The van der Waals surface area contributed by atoms with Gasteiger partial charge in [0.1, 0.15) is 5.82 Å². The highest BCUT2D eigenvalue weighted by Gasteiger charge is 2.26. The number of benzene rings is 2. The van der Waals surface area contributed by atoms with Crippen LogP contribution >= 0.6 is 11.8 Å². The molecule has 1 saturated heterocycles. The molecule has 0 radical (unpaired) electrons. The number of rotatable bonds is 8. The highest BCUT2D eigenvalue weighted by atomic mass is 32.2. The maximum Gasteiger partial charge on any atom is 0.233 e. The van der Waals surface area contributed by atoms with E-state index >= 15 is 0 Å². The second-order valence-electron chi connectivity index (χ2n) is 9.52. The predicted molar refractivity (Wildman–Crippen MR) is 136 cm³/mol. The van der Waals surface area contributed by atoms with Crippen LogP contribution in [0.2, 0.25) is 0 Å². The van der Waals surface area contributed by atoms with Crippen molar-refractivity contribution in [3.05, 3.63) is 53.9 Å². The number of fused-ring (bicyclic) bond motifs is 1. The molecule has 3 aromatic rings. The van der Waals surface area contributed by atoms with Gasteiger partial charge >= 0.3 is 0 Å². The van der Waals surface area contributed by atoms with E-state index in [9.17, 15) is 4.79 Å². The summed E-state index contributed by atoms with van der Waals surface area (Å²) in [5, 5.41) is 15.5. The first-order valence-electron chi connectivity index (χ1n) is 12.7. The van der Waals surface area contributed by atoms with E-state index in [0.717, 1.165) is 49.7 Å². The molecule has 5 rings (SSSR count). The Hall–Kier alpha value is -2.38. The van der Waals surface area contributed by atoms with Crippen molar-refractivity contribution in [3.63, 3.8) is 0 Å². The summed E-state index contributed by atoms with van der Waals surface area (Å²) in [7, 11) is 0. The van der Waals surface area contributed by atoms with Crippen molar-refractivity contribution in [2.45, 2.75) is 80.8 Å². The van der Waals surface area contributed by atoms with E-state index in [1.807, 2.05) is 6.92 Å². The molecule has 1 saturated carbocycles. The van der Waals surface area contributed by atoms with Crippen molar-refractivity contribution in [2.24, 2.45) is 0 Å². The zero-order valence-electron chi connectivity index (χ0n) is 19.9. The van der Waals surface area contributed by atoms with Gasteiger partial charge in [0.2, 0.25) is 5.91 Å². The van der Waals surface area contributed by atoms with E-state index in [1.165, 1.54) is 47.4 Å². The Balaban J connectivity index is 1.36. The smallest absolute Gasteiger partial charge is 0.233 e. The molecular formula is C27H34N4O2S. The van der Waals surface area contributed by atoms with Crippen molar-refractivity contribution in [1.29, 1.82) is 0 Å². The van der Waals surface area contributed by atoms with E-state index in [4.69, 9.17) is 4.74 Å². The molecule has 1 aliphatic carbocycles. The number of carbonyl (C=O) groups is 1. The molecule has 0 bridgehead atoms. The van der Waals surface area contributed by atoms with Crippen LogP contribution in [0, 0.1) is 0 Å². The van der Waals surface area contributed by atoms with Crippen molar-refractivity contribution in [3.8, 4) is 0 Å². The number of nitrogens with zero attached hydrogens (tertiary/aromatic N) is 3. The van der Waals surface area contributed by atoms with Crippen LogP contribution in [0.25, 0.3) is 10.8 Å². The Morgan fingerprint density at radius 2 is 1.91 bits per heavy atom. The number of amides is 1. The van der Waals surface area contributed by atoms with Crippen LogP contribution < -0.4 is 5.32 Å². The molecule has 2 heterocycles. The molecule has 7 heteroatoms. The molecule has 6 nitrogen and oxygen atoms in total. The minimum atomic E-state index is -0.238. The lowest BCUT2D eigenvalue weighted by Gasteiger charge is -2.26. The number of ether oxygens (including phenoxy) is 1. The minimum absolute atomic E-state index is 0.0364. The summed E-state index contributed by atoms with van der Waals surface area (Å²) in [4.78, 5) is 12.8. The van der Waals surface area contributed by atoms with E-state index in [-0.39, 0.29) is 17.3 Å². The molecular weight excluding hydrogens is 444 g/mol. The lowest BCUT2D eigenvalue weighted by atomic mass is 9.95. The van der Waals surface area contributed by atoms with E-state index in [1.54, 1.807) is 0 Å². The van der Waals surface area contributed by atoms with Gasteiger partial charge in [0.25, 0.3) is 0 Å². The Morgan fingerprint density at radius 1 is 1.09 bits per heavy atom. The second-order valence-corrected chi connectivity index (χ2v) is 10.8. The number of hydrogen-bond donors (Lipinski definition) is 1. The normalized spacial score (nSPS) is 20.0. The van der Waals surface area contributed by atoms with Gasteiger partial charge in [-0.15, -0.1) is 10.2 Å². The number of carbonyl (C=O) groups excluding carboxylic acids is 1. The van der Waals surface area contributed by atoms with E-state index in [2.05, 4.69) is 62.5 Å². The first-order valence-corrected chi connectivity index (χ1v) is 13.5. The molecule has 2 aliphatic rings. The molecule has 2 fully saturated rings. The molecule has 2 aromatic carbocycles. The summed E-state index contributed by atoms with van der Waals surface area (Å²) in [6, 6.07) is 15.4. The summed E-state index contributed by atoms with van der Waals surface area (Å²) in [5.74, 6) is 1.03. The number of nitrogens with one attached hydrogen (secondary N) is 1. The lowest BCUT2D eigenvalue weighted by Crippen LogP contribution is -2.36. The summed E-state index contributed by atoms with van der Waals surface area (Å²) in [6.07, 6.45) is 9.05. The quantitative estimate of drug-likeness (QED) is 0.445. The van der Waals surface area contributed by atoms with Crippen molar-refractivity contribution in [1.82, 2.24) is 20.1 Å². The third-order valence-corrected chi connectivity index (χ3v) is 8.14. The van der Waals surface area contributed by atoms with Gasteiger partial charge < -0.3 is 14.6 Å². The number of thioether (sulfide) groups is 1. The van der Waals surface area contributed by atoms with Gasteiger partial charge in [0, 0.05) is 25.6 Å². The largest absolute Gasteiger partial charge is 0.376 e. The van der Waals surface area contributed by atoms with E-state index < -0.39 is 0 Å². The summed E-state index contributed by atoms with van der Waals surface area (Å²) in [6.45, 7) is 3.35. The highest BCUT2D eigenvalue weighted by molar-refractivity contribution is 8.00. The van der Waals surface area contributed by atoms with Crippen molar-refractivity contribution >= 4 is 28.4 Å². The highest BCUT2D eigenvalue weighted by Crippen LogP contribution is 2.35. The molecule has 1 N–H and O–H groups in total. The molecule has 1 amide bonds. The first kappa shape index (κ1) is 23.4. The van der Waals surface area contributed by atoms with Crippen LogP contribution in [0.15, 0.2) is 47.6 Å². The first-order chi connectivity index (χ1) is 16.7. The fraction of sp³-hybridized carbons (Fsp3) is 0.519. The van der Waals surface area contributed by atoms with Gasteiger partial charge in [-0.25, -0.2) is 0 Å². The average Bonchev–Trinajstić information content (AvgIpc) is 3.53. The number of aromatic nitrogens is 3. The molecule has 1 aromatic heterocycles. The standard InChI is InChI=1S/C27H34N4O2S/c1-19(26(32)28-18-23-14-8-16-33-23)34-27-30-29-25(31(27)22-12-3-2-4-13-22)17-21-11-7-10-20-9-5-6-15-24(20)21/h5-7,9-11,15,19,22-23H,2-4,8,12-14,16-18H2,1H3,(H,28,32). The van der Waals surface area contributed by atoms with Gasteiger partial charge in [-0.1, -0.05) is 73.5 Å². The molecule has 2 unspecified atom stereocenters. The van der Waals surface area contributed by atoms with Crippen LogP contribution in [-0.2, 0) is 16.0 Å². The summed E-state index contributed by atoms with van der Waals surface area (Å²) >= 11 is 1.53. The molecule has 34 heavy (non-hydrogen) atoms. The Morgan fingerprint density at radius 3 is 2.74 bits per heavy atom. The van der Waals surface area contributed by atoms with Crippen LogP contribution in [0.3, 0.4) is 0 Å². The van der Waals surface area contributed by atoms with Gasteiger partial charge in [-0.3, -0.25) is 4.79 Å². The molecule has 2 atom stereocenters. The van der Waals surface area contributed by atoms with Crippen LogP contribution in [0.1, 0.15) is 69.3 Å². The summed E-state index contributed by atoms with van der Waals surface area (Å²) in [5.41, 5.74) is 1.27. The predicted octanol–water partition coefficient (Wildman–Crippen LogP) is 5.30. The topological polar surface area (TPSA) is 69.0 Å². The maximum atomic E-state index is 12.8. The van der Waals surface area contributed by atoms with Crippen LogP contribution in [0.5, 0.6) is 0 Å². The third kappa shape index (κ3) is 5.31. The van der Waals surface area contributed by atoms with Crippen molar-refractivity contribution in [2.75, 3.05) is 13.2 Å². The Labute approximate surface area is 205 Å². The minimum Gasteiger partial charge on any atom is -0.376 e. The third-order valence-electron chi connectivity index (χ3n) is 7.08. The Kier molecular flexibility index (Phi) is 7.50. The van der Waals surface area contributed by atoms with Gasteiger partial charge in [-0.05, 0) is 48.9 Å². The van der Waals surface area contributed by atoms with Gasteiger partial charge in [-0.2, -0.15) is 0 Å². The fourth-order valence-electron chi connectivity index (χ4n) is 5.21. The molecule has 0 spiro atoms. The summed E-state index contributed by atoms with van der Waals surface area (Å²) < 4.78 is 7.98. The number of hydrogen-bond acceptors (Lipinski definition) is 5. The van der Waals surface area contributed by atoms with Gasteiger partial charge in [0.05, 0.1) is 11.4 Å². The van der Waals surface area contributed by atoms with E-state index in [0.29, 0.717) is 12.6 Å². The Bertz CT molecular complexity index is 1110. The average molecular weight is 479 g/mol. The van der Waals surface area contributed by atoms with Gasteiger partial charge in [0.15, 0.2) is 5.16 Å². The maximum absolute atomic E-state index is 12.8. The molecule has 1 aliphatic heterocycles. The van der Waals surface area contributed by atoms with Crippen LogP contribution in [-0.4, -0.2) is 45.2 Å². The SMILES string of the molecule is CC(Sc1nnc(Cc2cccc3ccccc23)n1C1CCCCC1)C(=O)NCC1CCCO1.